The van der Waals surface area contributed by atoms with E-state index in [2.05, 4.69) is 6.07 Å². The first-order chi connectivity index (χ1) is 8.36. The summed E-state index contributed by atoms with van der Waals surface area (Å²) in [7, 11) is 6.01. The Hall–Kier alpha value is -1.82. The van der Waals surface area contributed by atoms with Crippen molar-refractivity contribution in [1.82, 2.24) is 0 Å². The van der Waals surface area contributed by atoms with Gasteiger partial charge < -0.3 is 15.8 Å². The highest BCUT2D eigenvalue weighted by molar-refractivity contribution is 6.33. The summed E-state index contributed by atoms with van der Waals surface area (Å²) in [6, 6.07) is 15.8. The van der Waals surface area contributed by atoms with Gasteiger partial charge in [-0.3, -0.25) is 0 Å². The molecule has 0 amide bonds. The normalized spacial score (nSPS) is 16.3. The molecule has 0 saturated carbocycles. The molecule has 1 unspecified atom stereocenters. The summed E-state index contributed by atoms with van der Waals surface area (Å²) < 4.78 is 0. The lowest BCUT2D eigenvalue weighted by Gasteiger charge is -2.25. The summed E-state index contributed by atoms with van der Waals surface area (Å²) >= 11 is 0. The predicted octanol–water partition coefficient (Wildman–Crippen LogP) is 0.287. The number of rotatable bonds is 1. The minimum absolute atomic E-state index is 0. The summed E-state index contributed by atoms with van der Waals surface area (Å²) in [6.07, 6.45) is 0. The first-order valence-electron chi connectivity index (χ1n) is 5.59. The fourth-order valence-electron chi connectivity index (χ4n) is 2.19. The average Bonchev–Trinajstić information content (AvgIpc) is 2.39. The molecule has 2 aromatic carbocycles. The standard InChI is InChI=1S/C14H11BO2.2H2O/c15-13-7-3-1-5-10(13)12-9-16-17-14-8-4-2-6-11(12)14;;/h1-8,12H,9H2;2*1H2. The number of benzene rings is 2. The molecule has 1 atom stereocenters. The van der Waals surface area contributed by atoms with Crippen LogP contribution in [-0.2, 0) is 4.89 Å². The maximum absolute atomic E-state index is 6.01. The van der Waals surface area contributed by atoms with Crippen molar-refractivity contribution in [2.24, 2.45) is 0 Å². The number of hydrogen-bond acceptors (Lipinski definition) is 2. The van der Waals surface area contributed by atoms with E-state index in [0.717, 1.165) is 22.3 Å². The fraction of sp³-hybridized carbons (Fsp3) is 0.143. The molecule has 0 fully saturated rings. The Bertz CT molecular complexity index is 544. The molecule has 0 aromatic heterocycles. The first-order valence-corrected chi connectivity index (χ1v) is 5.59. The summed E-state index contributed by atoms with van der Waals surface area (Å²) in [5.74, 6) is 0.910. The lowest BCUT2D eigenvalue weighted by atomic mass is 9.81. The molecule has 3 rings (SSSR count). The highest BCUT2D eigenvalue weighted by atomic mass is 17.2. The molecule has 0 aliphatic carbocycles. The number of hydrogen-bond donors (Lipinski definition) is 0. The molecule has 1 aliphatic heterocycles. The Morgan fingerprint density at radius 2 is 1.53 bits per heavy atom. The monoisotopic (exact) mass is 258 g/mol. The zero-order valence-corrected chi connectivity index (χ0v) is 10.3. The van der Waals surface area contributed by atoms with Gasteiger partial charge in [-0.1, -0.05) is 47.9 Å². The summed E-state index contributed by atoms with van der Waals surface area (Å²) in [5, 5.41) is 0. The lowest BCUT2D eigenvalue weighted by molar-refractivity contribution is -0.218. The Kier molecular flexibility index (Phi) is 5.12. The van der Waals surface area contributed by atoms with Crippen molar-refractivity contribution < 1.29 is 20.7 Å². The van der Waals surface area contributed by atoms with E-state index < -0.39 is 0 Å². The largest absolute Gasteiger partial charge is 0.412 e. The molecule has 2 aromatic rings. The molecular formula is C14H15BO4. The van der Waals surface area contributed by atoms with E-state index in [0.29, 0.717) is 6.61 Å². The average molecular weight is 258 g/mol. The van der Waals surface area contributed by atoms with Crippen molar-refractivity contribution in [3.8, 4) is 5.75 Å². The van der Waals surface area contributed by atoms with Gasteiger partial charge in [-0.2, -0.15) is 4.89 Å². The van der Waals surface area contributed by atoms with Crippen LogP contribution in [0, 0.1) is 0 Å². The van der Waals surface area contributed by atoms with Crippen LogP contribution in [-0.4, -0.2) is 25.4 Å². The van der Waals surface area contributed by atoms with Gasteiger partial charge in [0.15, 0.2) is 5.75 Å². The quantitative estimate of drug-likeness (QED) is 0.544. The minimum Gasteiger partial charge on any atom is -0.412 e. The van der Waals surface area contributed by atoms with Crippen molar-refractivity contribution >= 4 is 13.3 Å². The molecule has 1 heterocycles. The van der Waals surface area contributed by atoms with Crippen molar-refractivity contribution in [2.75, 3.05) is 6.61 Å². The van der Waals surface area contributed by atoms with Crippen LogP contribution in [0.2, 0.25) is 0 Å². The van der Waals surface area contributed by atoms with Crippen LogP contribution in [0.3, 0.4) is 0 Å². The molecule has 98 valence electrons. The maximum Gasteiger partial charge on any atom is 0.169 e. The second kappa shape index (κ2) is 6.38. The second-order valence-electron chi connectivity index (χ2n) is 4.09. The van der Waals surface area contributed by atoms with Crippen molar-refractivity contribution in [3.63, 3.8) is 0 Å². The van der Waals surface area contributed by atoms with E-state index in [9.17, 15) is 0 Å². The van der Waals surface area contributed by atoms with Gasteiger partial charge in [0.2, 0.25) is 0 Å². The maximum atomic E-state index is 6.01. The van der Waals surface area contributed by atoms with Gasteiger partial charge in [-0.25, -0.2) is 0 Å². The fourth-order valence-corrected chi connectivity index (χ4v) is 2.19. The van der Waals surface area contributed by atoms with E-state index in [1.165, 1.54) is 0 Å². The van der Waals surface area contributed by atoms with Gasteiger partial charge in [-0.05, 0) is 11.6 Å². The molecular weight excluding hydrogens is 243 g/mol. The predicted molar refractivity (Wildman–Crippen MR) is 73.9 cm³/mol. The van der Waals surface area contributed by atoms with E-state index in [1.807, 2.05) is 42.5 Å². The van der Waals surface area contributed by atoms with E-state index in [4.69, 9.17) is 17.6 Å². The van der Waals surface area contributed by atoms with Crippen LogP contribution in [0.15, 0.2) is 48.5 Å². The van der Waals surface area contributed by atoms with Crippen LogP contribution in [0.25, 0.3) is 0 Å². The lowest BCUT2D eigenvalue weighted by Crippen LogP contribution is -2.23. The molecule has 0 saturated heterocycles. The zero-order valence-electron chi connectivity index (χ0n) is 10.3. The molecule has 2 radical (unpaired) electrons. The smallest absolute Gasteiger partial charge is 0.169 e. The first kappa shape index (κ1) is 15.2. The zero-order chi connectivity index (χ0) is 11.7. The molecule has 4 N–H and O–H groups in total. The third kappa shape index (κ3) is 2.79. The van der Waals surface area contributed by atoms with Crippen molar-refractivity contribution in [2.45, 2.75) is 5.92 Å². The Balaban J connectivity index is 0.000000902. The van der Waals surface area contributed by atoms with E-state index >= 15 is 0 Å². The molecule has 1 aliphatic rings. The van der Waals surface area contributed by atoms with Crippen molar-refractivity contribution in [3.05, 3.63) is 59.7 Å². The van der Waals surface area contributed by atoms with E-state index in [-0.39, 0.29) is 16.9 Å². The summed E-state index contributed by atoms with van der Waals surface area (Å²) in [6.45, 7) is 0.491. The topological polar surface area (TPSA) is 81.5 Å². The van der Waals surface area contributed by atoms with Gasteiger partial charge in [0.05, 0.1) is 0 Å². The third-order valence-corrected chi connectivity index (χ3v) is 3.05. The molecule has 5 heteroatoms. The Morgan fingerprint density at radius 1 is 0.895 bits per heavy atom. The number of fused-ring (bicyclic) bond motifs is 1. The van der Waals surface area contributed by atoms with Gasteiger partial charge >= 0.3 is 0 Å². The molecule has 4 nitrogen and oxygen atoms in total. The van der Waals surface area contributed by atoms with Crippen LogP contribution in [0.1, 0.15) is 17.0 Å². The highest BCUT2D eigenvalue weighted by Gasteiger charge is 2.24. The Morgan fingerprint density at radius 3 is 2.26 bits per heavy atom. The van der Waals surface area contributed by atoms with Gasteiger partial charge in [0.25, 0.3) is 0 Å². The van der Waals surface area contributed by atoms with Crippen LogP contribution in [0.4, 0.5) is 0 Å². The van der Waals surface area contributed by atoms with Crippen LogP contribution in [0.5, 0.6) is 5.75 Å². The molecule has 0 bridgehead atoms. The molecule has 19 heavy (non-hydrogen) atoms. The SMILES string of the molecule is O.O.[B]c1ccccc1C1COOc2ccccc21. The number of para-hydroxylation sites is 1. The highest BCUT2D eigenvalue weighted by Crippen LogP contribution is 2.34. The van der Waals surface area contributed by atoms with Gasteiger partial charge in [-0.15, -0.1) is 0 Å². The minimum atomic E-state index is 0. The Labute approximate surface area is 112 Å². The van der Waals surface area contributed by atoms with Gasteiger partial charge in [0, 0.05) is 11.5 Å². The second-order valence-corrected chi connectivity index (χ2v) is 4.09. The van der Waals surface area contributed by atoms with Crippen molar-refractivity contribution in [1.29, 1.82) is 0 Å². The van der Waals surface area contributed by atoms with Crippen LogP contribution >= 0.6 is 0 Å². The van der Waals surface area contributed by atoms with E-state index in [1.54, 1.807) is 0 Å². The summed E-state index contributed by atoms with van der Waals surface area (Å²) in [5.41, 5.74) is 3.00. The van der Waals surface area contributed by atoms with Crippen LogP contribution < -0.4 is 10.4 Å². The summed E-state index contributed by atoms with van der Waals surface area (Å²) in [4.78, 5) is 10.3. The third-order valence-electron chi connectivity index (χ3n) is 3.05. The molecule has 0 spiro atoms. The van der Waals surface area contributed by atoms with Gasteiger partial charge in [0.1, 0.15) is 14.5 Å².